The zero-order chi connectivity index (χ0) is 29.7. The third-order valence-electron chi connectivity index (χ3n) is 8.28. The fraction of sp³-hybridized carbons (Fsp3) is 0.200. The van der Waals surface area contributed by atoms with Crippen LogP contribution in [0.25, 0.3) is 33.9 Å². The van der Waals surface area contributed by atoms with Gasteiger partial charge in [-0.2, -0.15) is 0 Å². The highest BCUT2D eigenvalue weighted by Crippen LogP contribution is 2.37. The highest BCUT2D eigenvalue weighted by molar-refractivity contribution is 5.88. The normalized spacial score (nSPS) is 14.0. The van der Waals surface area contributed by atoms with E-state index in [1.165, 1.54) is 5.56 Å². The molecule has 218 valence electrons. The molecular formula is C35H33N9. The van der Waals surface area contributed by atoms with Gasteiger partial charge in [-0.1, -0.05) is 54.6 Å². The first kappa shape index (κ1) is 27.5. The Labute approximate surface area is 256 Å². The largest absolute Gasteiger partial charge is 0.329 e. The second-order valence-electron chi connectivity index (χ2n) is 11.1. The van der Waals surface area contributed by atoms with Gasteiger partial charge in [0, 0.05) is 54.8 Å². The molecular weight excluding hydrogens is 546 g/mol. The SMILES string of the molecule is CN(c1ccccn1)c1ccccc1-c1cncnc1-c1ccc(CN2CCC(c3nnc(-c4ccccn4)[nH]3)CC2)cc1. The highest BCUT2D eigenvalue weighted by Gasteiger charge is 2.24. The van der Waals surface area contributed by atoms with Crippen molar-refractivity contribution in [2.75, 3.05) is 25.0 Å². The quantitative estimate of drug-likeness (QED) is 0.217. The lowest BCUT2D eigenvalue weighted by Crippen LogP contribution is -2.32. The van der Waals surface area contributed by atoms with Gasteiger partial charge in [-0.25, -0.2) is 15.0 Å². The molecule has 9 heteroatoms. The van der Waals surface area contributed by atoms with Crippen LogP contribution in [0.3, 0.4) is 0 Å². The molecule has 1 fully saturated rings. The predicted octanol–water partition coefficient (Wildman–Crippen LogP) is 6.53. The van der Waals surface area contributed by atoms with Gasteiger partial charge in [-0.15, -0.1) is 10.2 Å². The first-order valence-corrected chi connectivity index (χ1v) is 14.9. The average Bonchev–Trinajstić information content (AvgIpc) is 3.60. The van der Waals surface area contributed by atoms with E-state index in [0.29, 0.717) is 5.92 Å². The summed E-state index contributed by atoms with van der Waals surface area (Å²) in [4.78, 5) is 26.1. The van der Waals surface area contributed by atoms with Gasteiger partial charge >= 0.3 is 0 Å². The molecule has 1 N–H and O–H groups in total. The number of benzene rings is 2. The molecule has 0 bridgehead atoms. The minimum Gasteiger partial charge on any atom is -0.329 e. The number of para-hydroxylation sites is 1. The van der Waals surface area contributed by atoms with Crippen molar-refractivity contribution in [1.82, 2.24) is 40.0 Å². The maximum atomic E-state index is 4.73. The molecule has 0 spiro atoms. The Morgan fingerprint density at radius 1 is 0.795 bits per heavy atom. The van der Waals surface area contributed by atoms with E-state index in [4.69, 9.17) is 4.98 Å². The fourth-order valence-corrected chi connectivity index (χ4v) is 5.89. The summed E-state index contributed by atoms with van der Waals surface area (Å²) in [5, 5.41) is 8.78. The molecule has 9 nitrogen and oxygen atoms in total. The van der Waals surface area contributed by atoms with Gasteiger partial charge in [0.05, 0.1) is 11.4 Å². The Morgan fingerprint density at radius 2 is 1.57 bits per heavy atom. The zero-order valence-electron chi connectivity index (χ0n) is 24.6. The summed E-state index contributed by atoms with van der Waals surface area (Å²) < 4.78 is 0. The van der Waals surface area contributed by atoms with E-state index >= 15 is 0 Å². The van der Waals surface area contributed by atoms with Crippen molar-refractivity contribution in [1.29, 1.82) is 0 Å². The summed E-state index contributed by atoms with van der Waals surface area (Å²) in [6, 6.07) is 28.9. The van der Waals surface area contributed by atoms with Crippen LogP contribution in [0.5, 0.6) is 0 Å². The molecule has 4 aromatic heterocycles. The topological polar surface area (TPSA) is 99.6 Å². The van der Waals surface area contributed by atoms with Crippen molar-refractivity contribution in [3.8, 4) is 33.9 Å². The third-order valence-corrected chi connectivity index (χ3v) is 8.28. The molecule has 2 aromatic carbocycles. The van der Waals surface area contributed by atoms with Crippen molar-refractivity contribution in [3.05, 3.63) is 121 Å². The minimum atomic E-state index is 0.384. The van der Waals surface area contributed by atoms with Crippen molar-refractivity contribution >= 4 is 11.5 Å². The van der Waals surface area contributed by atoms with E-state index in [9.17, 15) is 0 Å². The summed E-state index contributed by atoms with van der Waals surface area (Å²) in [5.74, 6) is 2.96. The number of likely N-dealkylation sites (tertiary alicyclic amines) is 1. The number of aromatic nitrogens is 7. The number of rotatable bonds is 8. The van der Waals surface area contributed by atoms with Crippen molar-refractivity contribution in [2.24, 2.45) is 0 Å². The lowest BCUT2D eigenvalue weighted by atomic mass is 9.95. The number of nitrogens with one attached hydrogen (secondary N) is 1. The van der Waals surface area contributed by atoms with Gasteiger partial charge in [0.2, 0.25) is 0 Å². The molecule has 44 heavy (non-hydrogen) atoms. The minimum absolute atomic E-state index is 0.384. The van der Waals surface area contributed by atoms with Crippen LogP contribution in [-0.4, -0.2) is 60.2 Å². The highest BCUT2D eigenvalue weighted by atomic mass is 15.2. The number of nitrogens with zero attached hydrogens (tertiary/aromatic N) is 8. The number of aromatic amines is 1. The predicted molar refractivity (Wildman–Crippen MR) is 172 cm³/mol. The Bertz CT molecular complexity index is 1810. The zero-order valence-corrected chi connectivity index (χ0v) is 24.6. The molecule has 7 rings (SSSR count). The van der Waals surface area contributed by atoms with Crippen LogP contribution in [0, 0.1) is 0 Å². The molecule has 5 heterocycles. The molecule has 0 unspecified atom stereocenters. The summed E-state index contributed by atoms with van der Waals surface area (Å²) in [6.07, 6.45) is 9.20. The van der Waals surface area contributed by atoms with Crippen LogP contribution >= 0.6 is 0 Å². The van der Waals surface area contributed by atoms with E-state index in [1.807, 2.05) is 61.9 Å². The molecule has 1 aliphatic rings. The lowest BCUT2D eigenvalue weighted by Gasteiger charge is -2.30. The summed E-state index contributed by atoms with van der Waals surface area (Å²) in [6.45, 7) is 2.95. The molecule has 0 saturated carbocycles. The third kappa shape index (κ3) is 5.82. The second kappa shape index (κ2) is 12.5. The van der Waals surface area contributed by atoms with Gasteiger partial charge in [0.1, 0.15) is 23.7 Å². The number of hydrogen-bond acceptors (Lipinski definition) is 8. The Kier molecular flexibility index (Phi) is 7.84. The Morgan fingerprint density at radius 3 is 2.34 bits per heavy atom. The van der Waals surface area contributed by atoms with Gasteiger partial charge in [-0.05, 0) is 61.8 Å². The summed E-state index contributed by atoms with van der Waals surface area (Å²) in [5.41, 5.74) is 7.17. The van der Waals surface area contributed by atoms with E-state index in [-0.39, 0.29) is 0 Å². The van der Waals surface area contributed by atoms with Gasteiger partial charge in [-0.3, -0.25) is 9.88 Å². The maximum Gasteiger partial charge on any atom is 0.179 e. The van der Waals surface area contributed by atoms with Gasteiger partial charge in [0.15, 0.2) is 5.82 Å². The van der Waals surface area contributed by atoms with Gasteiger partial charge < -0.3 is 9.88 Å². The van der Waals surface area contributed by atoms with Crippen molar-refractivity contribution in [3.63, 3.8) is 0 Å². The Hall–Kier alpha value is -5.28. The van der Waals surface area contributed by atoms with E-state index < -0.39 is 0 Å². The standard InChI is InChI=1S/C35H33N9/c1-43(32-11-5-7-19-38-32)31-10-3-2-8-28(31)29-22-36-24-39-33(29)26-14-12-25(13-15-26)23-44-20-16-27(17-21-44)34-40-35(42-41-34)30-9-4-6-18-37-30/h2-15,18-19,22,24,27H,16-17,20-21,23H2,1H3,(H,40,41,42). The molecule has 0 atom stereocenters. The first-order valence-electron chi connectivity index (χ1n) is 14.9. The number of anilines is 2. The summed E-state index contributed by atoms with van der Waals surface area (Å²) in [7, 11) is 2.03. The van der Waals surface area contributed by atoms with E-state index in [2.05, 4.69) is 82.4 Å². The van der Waals surface area contributed by atoms with E-state index in [0.717, 1.165) is 83.7 Å². The number of piperidine rings is 1. The van der Waals surface area contributed by atoms with Crippen molar-refractivity contribution in [2.45, 2.75) is 25.3 Å². The number of hydrogen-bond donors (Lipinski definition) is 1. The molecule has 0 amide bonds. The first-order chi connectivity index (χ1) is 21.7. The number of pyridine rings is 2. The number of H-pyrrole nitrogens is 1. The van der Waals surface area contributed by atoms with Crippen LogP contribution in [0.1, 0.15) is 30.1 Å². The molecule has 1 saturated heterocycles. The van der Waals surface area contributed by atoms with Gasteiger partial charge in [0.25, 0.3) is 0 Å². The average molecular weight is 580 g/mol. The van der Waals surface area contributed by atoms with Crippen LogP contribution in [-0.2, 0) is 6.54 Å². The lowest BCUT2D eigenvalue weighted by molar-refractivity contribution is 0.202. The Balaban J connectivity index is 1.03. The molecule has 0 aliphatic carbocycles. The van der Waals surface area contributed by atoms with Crippen LogP contribution < -0.4 is 4.90 Å². The molecule has 6 aromatic rings. The maximum absolute atomic E-state index is 4.73. The fourth-order valence-electron chi connectivity index (χ4n) is 5.89. The van der Waals surface area contributed by atoms with Crippen LogP contribution in [0.15, 0.2) is 110 Å². The second-order valence-corrected chi connectivity index (χ2v) is 11.1. The van der Waals surface area contributed by atoms with Crippen LogP contribution in [0.2, 0.25) is 0 Å². The van der Waals surface area contributed by atoms with E-state index in [1.54, 1.807) is 12.5 Å². The molecule has 0 radical (unpaired) electrons. The molecule has 1 aliphatic heterocycles. The van der Waals surface area contributed by atoms with Crippen LogP contribution in [0.4, 0.5) is 11.5 Å². The smallest absolute Gasteiger partial charge is 0.179 e. The summed E-state index contributed by atoms with van der Waals surface area (Å²) >= 11 is 0. The van der Waals surface area contributed by atoms with Crippen molar-refractivity contribution < 1.29 is 0 Å². The monoisotopic (exact) mass is 579 g/mol.